The van der Waals surface area contributed by atoms with Crippen molar-refractivity contribution in [3.05, 3.63) is 18.5 Å². The van der Waals surface area contributed by atoms with E-state index in [0.717, 1.165) is 13.0 Å². The lowest BCUT2D eigenvalue weighted by Crippen LogP contribution is -2.29. The molecule has 16 heavy (non-hydrogen) atoms. The van der Waals surface area contributed by atoms with Crippen LogP contribution in [0.4, 0.5) is 4.79 Å². The monoisotopic (exact) mass is 223 g/mol. The second-order valence-electron chi connectivity index (χ2n) is 3.95. The van der Waals surface area contributed by atoms with E-state index in [0.29, 0.717) is 0 Å². The predicted octanol–water partition coefficient (Wildman–Crippen LogP) is 2.80. The smallest absolute Gasteiger partial charge is 0.336 e. The van der Waals surface area contributed by atoms with Gasteiger partial charge in [0, 0.05) is 18.9 Å². The molecule has 0 radical (unpaired) electrons. The summed E-state index contributed by atoms with van der Waals surface area (Å²) in [5, 5.41) is 6.70. The molecule has 1 N–H and O–H groups in total. The largest absolute Gasteiger partial charge is 0.342 e. The highest BCUT2D eigenvalue weighted by molar-refractivity contribution is 5.75. The lowest BCUT2D eigenvalue weighted by molar-refractivity contribution is 0.239. The Balaban J connectivity index is 1.97. The summed E-state index contributed by atoms with van der Waals surface area (Å²) in [7, 11) is 0. The van der Waals surface area contributed by atoms with E-state index in [9.17, 15) is 4.79 Å². The summed E-state index contributed by atoms with van der Waals surface area (Å²) in [4.78, 5) is 11.4. The van der Waals surface area contributed by atoms with E-state index in [-0.39, 0.29) is 6.03 Å². The van der Waals surface area contributed by atoms with Crippen molar-refractivity contribution in [3.8, 4) is 0 Å². The molecule has 4 heteroatoms. The molecule has 0 aromatic carbocycles. The van der Waals surface area contributed by atoms with Crippen LogP contribution in [0.3, 0.4) is 0 Å². The Kier molecular flexibility index (Phi) is 6.30. The maximum absolute atomic E-state index is 11.4. The predicted molar refractivity (Wildman–Crippen MR) is 64.4 cm³/mol. The molecule has 90 valence electrons. The summed E-state index contributed by atoms with van der Waals surface area (Å²) in [6.45, 7) is 2.95. The van der Waals surface area contributed by atoms with Crippen molar-refractivity contribution in [1.82, 2.24) is 15.1 Å². The van der Waals surface area contributed by atoms with Gasteiger partial charge in [0.2, 0.25) is 0 Å². The SMILES string of the molecule is CCCCCCCCNC(=O)n1cccn1. The Morgan fingerprint density at radius 3 is 2.69 bits per heavy atom. The normalized spacial score (nSPS) is 10.3. The quantitative estimate of drug-likeness (QED) is 0.722. The number of unbranched alkanes of at least 4 members (excludes halogenated alkanes) is 5. The van der Waals surface area contributed by atoms with Crippen LogP contribution in [0.25, 0.3) is 0 Å². The summed E-state index contributed by atoms with van der Waals surface area (Å²) in [5.74, 6) is 0. The fraction of sp³-hybridized carbons (Fsp3) is 0.667. The maximum atomic E-state index is 11.4. The number of nitrogens with one attached hydrogen (secondary N) is 1. The number of carbonyl (C=O) groups excluding carboxylic acids is 1. The van der Waals surface area contributed by atoms with Crippen molar-refractivity contribution >= 4 is 6.03 Å². The molecular formula is C12H21N3O. The zero-order chi connectivity index (χ0) is 11.6. The molecule has 0 atom stereocenters. The minimum absolute atomic E-state index is 0.140. The summed E-state index contributed by atoms with van der Waals surface area (Å²) in [6, 6.07) is 1.60. The second kappa shape index (κ2) is 7.91. The molecule has 0 unspecified atom stereocenters. The van der Waals surface area contributed by atoms with E-state index in [2.05, 4.69) is 17.3 Å². The fourth-order valence-corrected chi connectivity index (χ4v) is 1.57. The molecule has 1 amide bonds. The van der Waals surface area contributed by atoms with Crippen LogP contribution in [0, 0.1) is 0 Å². The zero-order valence-corrected chi connectivity index (χ0v) is 9.98. The highest BCUT2D eigenvalue weighted by Crippen LogP contribution is 2.03. The molecule has 0 aliphatic carbocycles. The maximum Gasteiger partial charge on any atom is 0.342 e. The first-order valence-electron chi connectivity index (χ1n) is 6.12. The van der Waals surface area contributed by atoms with E-state index in [1.807, 2.05) is 0 Å². The van der Waals surface area contributed by atoms with Crippen molar-refractivity contribution in [3.63, 3.8) is 0 Å². The third-order valence-corrected chi connectivity index (χ3v) is 2.52. The average Bonchev–Trinajstić information content (AvgIpc) is 2.81. The van der Waals surface area contributed by atoms with Gasteiger partial charge in [-0.1, -0.05) is 39.0 Å². The van der Waals surface area contributed by atoms with E-state index < -0.39 is 0 Å². The Morgan fingerprint density at radius 1 is 1.25 bits per heavy atom. The minimum Gasteiger partial charge on any atom is -0.336 e. The minimum atomic E-state index is -0.140. The summed E-state index contributed by atoms with van der Waals surface area (Å²) < 4.78 is 1.32. The Bertz CT molecular complexity index is 282. The number of nitrogens with zero attached hydrogens (tertiary/aromatic N) is 2. The summed E-state index contributed by atoms with van der Waals surface area (Å²) in [5.41, 5.74) is 0. The lowest BCUT2D eigenvalue weighted by Gasteiger charge is -2.04. The van der Waals surface area contributed by atoms with Gasteiger partial charge in [0.15, 0.2) is 0 Å². The first kappa shape index (κ1) is 12.7. The number of carbonyl (C=O) groups is 1. The number of aromatic nitrogens is 2. The van der Waals surface area contributed by atoms with Crippen LogP contribution in [0.5, 0.6) is 0 Å². The standard InChI is InChI=1S/C12H21N3O/c1-2-3-4-5-6-7-9-13-12(16)15-11-8-10-14-15/h8,10-11H,2-7,9H2,1H3,(H,13,16). The first-order valence-corrected chi connectivity index (χ1v) is 6.12. The molecule has 0 saturated carbocycles. The third-order valence-electron chi connectivity index (χ3n) is 2.52. The van der Waals surface area contributed by atoms with Crippen LogP contribution in [0.15, 0.2) is 18.5 Å². The van der Waals surface area contributed by atoms with Crippen LogP contribution in [0.1, 0.15) is 45.4 Å². The molecule has 0 saturated heterocycles. The number of hydrogen-bond donors (Lipinski definition) is 1. The van der Waals surface area contributed by atoms with Crippen molar-refractivity contribution < 1.29 is 4.79 Å². The van der Waals surface area contributed by atoms with Gasteiger partial charge in [-0.15, -0.1) is 0 Å². The van der Waals surface area contributed by atoms with Crippen LogP contribution in [-0.2, 0) is 0 Å². The summed E-state index contributed by atoms with van der Waals surface area (Å²) >= 11 is 0. The lowest BCUT2D eigenvalue weighted by atomic mass is 10.1. The highest BCUT2D eigenvalue weighted by Gasteiger charge is 2.01. The Labute approximate surface area is 97.0 Å². The van der Waals surface area contributed by atoms with Gasteiger partial charge in [-0.25, -0.2) is 4.79 Å². The molecule has 1 heterocycles. The molecule has 1 rings (SSSR count). The zero-order valence-electron chi connectivity index (χ0n) is 9.98. The van der Waals surface area contributed by atoms with Gasteiger partial charge in [-0.05, 0) is 12.5 Å². The van der Waals surface area contributed by atoms with Gasteiger partial charge in [0.1, 0.15) is 0 Å². The van der Waals surface area contributed by atoms with Crippen molar-refractivity contribution in [2.24, 2.45) is 0 Å². The molecule has 0 aliphatic rings. The molecule has 4 nitrogen and oxygen atoms in total. The summed E-state index contributed by atoms with van der Waals surface area (Å²) in [6.07, 6.45) is 10.7. The number of hydrogen-bond acceptors (Lipinski definition) is 2. The highest BCUT2D eigenvalue weighted by atomic mass is 16.2. The van der Waals surface area contributed by atoms with Crippen LogP contribution in [0.2, 0.25) is 0 Å². The van der Waals surface area contributed by atoms with E-state index in [1.165, 1.54) is 36.8 Å². The fourth-order valence-electron chi connectivity index (χ4n) is 1.57. The van der Waals surface area contributed by atoms with E-state index in [4.69, 9.17) is 0 Å². The van der Waals surface area contributed by atoms with Crippen LogP contribution in [-0.4, -0.2) is 22.4 Å². The molecule has 1 aromatic heterocycles. The molecule has 0 fully saturated rings. The van der Waals surface area contributed by atoms with Gasteiger partial charge in [0.05, 0.1) is 0 Å². The van der Waals surface area contributed by atoms with E-state index in [1.54, 1.807) is 18.5 Å². The second-order valence-corrected chi connectivity index (χ2v) is 3.95. The van der Waals surface area contributed by atoms with Crippen LogP contribution >= 0.6 is 0 Å². The number of rotatable bonds is 7. The van der Waals surface area contributed by atoms with Gasteiger partial charge in [0.25, 0.3) is 0 Å². The number of amides is 1. The Hall–Kier alpha value is -1.32. The molecule has 1 aromatic rings. The topological polar surface area (TPSA) is 46.9 Å². The average molecular weight is 223 g/mol. The van der Waals surface area contributed by atoms with Gasteiger partial charge >= 0.3 is 6.03 Å². The van der Waals surface area contributed by atoms with Gasteiger partial charge in [-0.3, -0.25) is 0 Å². The molecule has 0 aliphatic heterocycles. The molecule has 0 bridgehead atoms. The third kappa shape index (κ3) is 4.96. The van der Waals surface area contributed by atoms with Crippen LogP contribution < -0.4 is 5.32 Å². The van der Waals surface area contributed by atoms with Gasteiger partial charge < -0.3 is 5.32 Å². The van der Waals surface area contributed by atoms with E-state index >= 15 is 0 Å². The van der Waals surface area contributed by atoms with Crippen molar-refractivity contribution in [2.75, 3.05) is 6.54 Å². The molecular weight excluding hydrogens is 202 g/mol. The van der Waals surface area contributed by atoms with Gasteiger partial charge in [-0.2, -0.15) is 9.78 Å². The van der Waals surface area contributed by atoms with Crippen molar-refractivity contribution in [1.29, 1.82) is 0 Å². The van der Waals surface area contributed by atoms with Crippen molar-refractivity contribution in [2.45, 2.75) is 45.4 Å². The molecule has 0 spiro atoms. The Morgan fingerprint density at radius 2 is 2.00 bits per heavy atom. The first-order chi connectivity index (χ1) is 7.84.